The van der Waals surface area contributed by atoms with Crippen molar-refractivity contribution >= 4 is 11.8 Å². The van der Waals surface area contributed by atoms with Crippen LogP contribution in [0.15, 0.2) is 24.3 Å². The summed E-state index contributed by atoms with van der Waals surface area (Å²) in [5.74, 6) is -0.306. The lowest BCUT2D eigenvalue weighted by Gasteiger charge is -2.26. The second-order valence-electron chi connectivity index (χ2n) is 5.70. The molecule has 0 bridgehead atoms. The fourth-order valence-electron chi connectivity index (χ4n) is 3.33. The smallest absolute Gasteiger partial charge is 0.261 e. The van der Waals surface area contributed by atoms with Crippen molar-refractivity contribution in [3.05, 3.63) is 35.4 Å². The molecule has 0 aromatic heterocycles. The van der Waals surface area contributed by atoms with Crippen LogP contribution in [-0.2, 0) is 0 Å². The number of hydrogen-bond donors (Lipinski definition) is 1. The van der Waals surface area contributed by atoms with Gasteiger partial charge in [-0.15, -0.1) is 0 Å². The molecule has 3 rings (SSSR count). The van der Waals surface area contributed by atoms with Crippen LogP contribution in [0.5, 0.6) is 0 Å². The number of rotatable bonds is 5. The second-order valence-corrected chi connectivity index (χ2v) is 5.70. The number of likely N-dealkylation sites (N-methyl/N-ethyl adjacent to an activating group) is 1. The maximum Gasteiger partial charge on any atom is 0.261 e. The van der Waals surface area contributed by atoms with Crippen molar-refractivity contribution in [2.45, 2.75) is 18.9 Å². The molecule has 1 aromatic rings. The van der Waals surface area contributed by atoms with Crippen LogP contribution >= 0.6 is 0 Å². The highest BCUT2D eigenvalue weighted by Crippen LogP contribution is 2.23. The largest absolute Gasteiger partial charge is 0.318 e. The van der Waals surface area contributed by atoms with Gasteiger partial charge in [0.05, 0.1) is 11.1 Å². The third-order valence-corrected chi connectivity index (χ3v) is 4.43. The molecule has 2 aliphatic heterocycles. The predicted molar refractivity (Wildman–Crippen MR) is 80.3 cm³/mol. The summed E-state index contributed by atoms with van der Waals surface area (Å²) in [5.41, 5.74) is 1.08. The Kier molecular flexibility index (Phi) is 4.03. The number of amides is 2. The van der Waals surface area contributed by atoms with Crippen molar-refractivity contribution in [3.63, 3.8) is 0 Å². The molecule has 0 radical (unpaired) electrons. The summed E-state index contributed by atoms with van der Waals surface area (Å²) in [7, 11) is 1.96. The molecule has 1 N–H and O–H groups in total. The average molecular weight is 287 g/mol. The molecule has 0 saturated carbocycles. The Bertz CT molecular complexity index is 523. The van der Waals surface area contributed by atoms with Crippen molar-refractivity contribution in [1.29, 1.82) is 0 Å². The van der Waals surface area contributed by atoms with Crippen LogP contribution in [0.1, 0.15) is 33.6 Å². The lowest BCUT2D eigenvalue weighted by atomic mass is 10.1. The molecule has 2 heterocycles. The van der Waals surface area contributed by atoms with E-state index in [1.54, 1.807) is 24.3 Å². The zero-order valence-electron chi connectivity index (χ0n) is 12.3. The van der Waals surface area contributed by atoms with Gasteiger partial charge < -0.3 is 5.32 Å². The Hall–Kier alpha value is -1.72. The van der Waals surface area contributed by atoms with Gasteiger partial charge >= 0.3 is 0 Å². The van der Waals surface area contributed by atoms with E-state index in [2.05, 4.69) is 10.2 Å². The van der Waals surface area contributed by atoms with E-state index in [0.717, 1.165) is 19.6 Å². The quantitative estimate of drug-likeness (QED) is 0.820. The molecule has 21 heavy (non-hydrogen) atoms. The normalized spacial score (nSPS) is 22.1. The molecule has 0 aliphatic carbocycles. The number of nitrogens with zero attached hydrogens (tertiary/aromatic N) is 2. The average Bonchev–Trinajstić information content (AvgIpc) is 3.03. The van der Waals surface area contributed by atoms with Gasteiger partial charge in [-0.2, -0.15) is 0 Å². The number of carbonyl (C=O) groups excluding carboxylic acids is 2. The summed E-state index contributed by atoms with van der Waals surface area (Å²) in [6.07, 6.45) is 2.37. The number of imide groups is 1. The molecule has 1 aromatic carbocycles. The highest BCUT2D eigenvalue weighted by molar-refractivity contribution is 6.21. The number of fused-ring (bicyclic) bond motifs is 1. The van der Waals surface area contributed by atoms with Gasteiger partial charge in [-0.1, -0.05) is 12.1 Å². The number of likely N-dealkylation sites (tertiary alicyclic amines) is 1. The molecule has 1 unspecified atom stereocenters. The number of hydrogen-bond acceptors (Lipinski definition) is 4. The first-order valence-electron chi connectivity index (χ1n) is 7.56. The van der Waals surface area contributed by atoms with Gasteiger partial charge in [0.2, 0.25) is 0 Å². The second kappa shape index (κ2) is 5.95. The topological polar surface area (TPSA) is 52.6 Å². The van der Waals surface area contributed by atoms with E-state index in [9.17, 15) is 9.59 Å². The van der Waals surface area contributed by atoms with Crippen LogP contribution in [0.3, 0.4) is 0 Å². The zero-order valence-corrected chi connectivity index (χ0v) is 12.3. The molecule has 5 heteroatoms. The van der Waals surface area contributed by atoms with Crippen LogP contribution in [0.4, 0.5) is 0 Å². The minimum atomic E-state index is -0.153. The minimum absolute atomic E-state index is 0.153. The van der Waals surface area contributed by atoms with E-state index in [1.807, 2.05) is 7.05 Å². The standard InChI is InChI=1S/C16H21N3O2/c1-17-11-12-5-4-8-18(12)9-10-19-15(20)13-6-2-3-7-14(13)16(19)21/h2-3,6-7,12,17H,4-5,8-11H2,1H3. The molecule has 5 nitrogen and oxygen atoms in total. The summed E-state index contributed by atoms with van der Waals surface area (Å²) >= 11 is 0. The van der Waals surface area contributed by atoms with Crippen molar-refractivity contribution in [1.82, 2.24) is 15.1 Å². The fraction of sp³-hybridized carbons (Fsp3) is 0.500. The number of carbonyl (C=O) groups is 2. The number of benzene rings is 1. The van der Waals surface area contributed by atoms with E-state index in [-0.39, 0.29) is 11.8 Å². The van der Waals surface area contributed by atoms with Crippen LogP contribution in [-0.4, -0.2) is 60.9 Å². The van der Waals surface area contributed by atoms with Crippen molar-refractivity contribution in [2.24, 2.45) is 0 Å². The highest BCUT2D eigenvalue weighted by atomic mass is 16.2. The molecule has 0 spiro atoms. The molecular formula is C16H21N3O2. The molecule has 1 fully saturated rings. The Morgan fingerprint density at radius 2 is 1.81 bits per heavy atom. The van der Waals surface area contributed by atoms with Gasteiger partial charge in [0, 0.05) is 25.7 Å². The monoisotopic (exact) mass is 287 g/mol. The first kappa shape index (κ1) is 14.2. The molecule has 1 atom stereocenters. The first-order valence-corrected chi connectivity index (χ1v) is 7.56. The number of nitrogens with one attached hydrogen (secondary N) is 1. The lowest BCUT2D eigenvalue weighted by molar-refractivity contribution is 0.0633. The van der Waals surface area contributed by atoms with Crippen LogP contribution in [0.25, 0.3) is 0 Å². The van der Waals surface area contributed by atoms with Crippen molar-refractivity contribution < 1.29 is 9.59 Å². The maximum absolute atomic E-state index is 12.3. The molecule has 2 amide bonds. The molecule has 1 saturated heterocycles. The predicted octanol–water partition coefficient (Wildman–Crippen LogP) is 0.966. The molecule has 2 aliphatic rings. The third kappa shape index (κ3) is 2.59. The summed E-state index contributed by atoms with van der Waals surface area (Å²) in [6.45, 7) is 3.25. The van der Waals surface area contributed by atoms with Gasteiger partial charge in [-0.05, 0) is 38.6 Å². The molecule has 112 valence electrons. The lowest BCUT2D eigenvalue weighted by Crippen LogP contribution is -2.42. The summed E-state index contributed by atoms with van der Waals surface area (Å²) in [4.78, 5) is 28.4. The van der Waals surface area contributed by atoms with Crippen LogP contribution < -0.4 is 5.32 Å². The Balaban J connectivity index is 1.64. The molecular weight excluding hydrogens is 266 g/mol. The van der Waals surface area contributed by atoms with Gasteiger partial charge in [0.15, 0.2) is 0 Å². The van der Waals surface area contributed by atoms with Crippen molar-refractivity contribution in [2.75, 3.05) is 33.2 Å². The first-order chi connectivity index (χ1) is 10.2. The van der Waals surface area contributed by atoms with Gasteiger partial charge in [-0.3, -0.25) is 19.4 Å². The third-order valence-electron chi connectivity index (χ3n) is 4.43. The zero-order chi connectivity index (χ0) is 14.8. The van der Waals surface area contributed by atoms with Crippen LogP contribution in [0.2, 0.25) is 0 Å². The Morgan fingerprint density at radius 3 is 2.43 bits per heavy atom. The van der Waals surface area contributed by atoms with Gasteiger partial charge in [0.1, 0.15) is 0 Å². The van der Waals surface area contributed by atoms with E-state index in [4.69, 9.17) is 0 Å². The van der Waals surface area contributed by atoms with E-state index in [0.29, 0.717) is 23.7 Å². The highest BCUT2D eigenvalue weighted by Gasteiger charge is 2.35. The fourth-order valence-corrected chi connectivity index (χ4v) is 3.33. The summed E-state index contributed by atoms with van der Waals surface area (Å²) in [6, 6.07) is 7.59. The van der Waals surface area contributed by atoms with E-state index in [1.165, 1.54) is 17.7 Å². The van der Waals surface area contributed by atoms with Crippen LogP contribution in [0, 0.1) is 0 Å². The summed E-state index contributed by atoms with van der Waals surface area (Å²) in [5, 5.41) is 3.21. The Morgan fingerprint density at radius 1 is 1.14 bits per heavy atom. The maximum atomic E-state index is 12.3. The van der Waals surface area contributed by atoms with Gasteiger partial charge in [0.25, 0.3) is 11.8 Å². The Labute approximate surface area is 124 Å². The van der Waals surface area contributed by atoms with E-state index >= 15 is 0 Å². The SMILES string of the molecule is CNCC1CCCN1CCN1C(=O)c2ccccc2C1=O. The minimum Gasteiger partial charge on any atom is -0.318 e. The van der Waals surface area contributed by atoms with Crippen molar-refractivity contribution in [3.8, 4) is 0 Å². The van der Waals surface area contributed by atoms with E-state index < -0.39 is 0 Å². The summed E-state index contributed by atoms with van der Waals surface area (Å²) < 4.78 is 0. The van der Waals surface area contributed by atoms with Gasteiger partial charge in [-0.25, -0.2) is 0 Å².